The highest BCUT2D eigenvalue weighted by Crippen LogP contribution is 2.22. The molecule has 118 valence electrons. The topological polar surface area (TPSA) is 64.7 Å². The number of aryl methyl sites for hydroxylation is 1. The fraction of sp³-hybridized carbons (Fsp3) is 0.353. The summed E-state index contributed by atoms with van der Waals surface area (Å²) in [7, 11) is 1.73. The quantitative estimate of drug-likeness (QED) is 0.807. The molecule has 3 aromatic rings. The molecule has 1 saturated carbocycles. The monoisotopic (exact) mass is 309 g/mol. The van der Waals surface area contributed by atoms with E-state index in [0.717, 1.165) is 17.0 Å². The van der Waals surface area contributed by atoms with E-state index in [1.807, 2.05) is 24.3 Å². The zero-order chi connectivity index (χ0) is 15.8. The van der Waals surface area contributed by atoms with Gasteiger partial charge in [-0.15, -0.1) is 0 Å². The van der Waals surface area contributed by atoms with Gasteiger partial charge in [0.1, 0.15) is 5.82 Å². The fourth-order valence-corrected chi connectivity index (χ4v) is 3.30. The van der Waals surface area contributed by atoms with Crippen molar-refractivity contribution in [1.82, 2.24) is 19.1 Å². The Bertz CT molecular complexity index is 887. The van der Waals surface area contributed by atoms with Crippen LogP contribution in [0.25, 0.3) is 16.9 Å². The number of nitrogens with zero attached hydrogens (tertiary/aromatic N) is 4. The summed E-state index contributed by atoms with van der Waals surface area (Å²) in [6, 6.07) is 8.13. The van der Waals surface area contributed by atoms with E-state index in [2.05, 4.69) is 15.3 Å². The lowest BCUT2D eigenvalue weighted by atomic mass is 10.2. The van der Waals surface area contributed by atoms with Crippen LogP contribution in [0.1, 0.15) is 25.7 Å². The van der Waals surface area contributed by atoms with Crippen molar-refractivity contribution in [2.45, 2.75) is 31.7 Å². The van der Waals surface area contributed by atoms with Crippen LogP contribution in [0.3, 0.4) is 0 Å². The van der Waals surface area contributed by atoms with Gasteiger partial charge < -0.3 is 5.32 Å². The summed E-state index contributed by atoms with van der Waals surface area (Å²) >= 11 is 0. The molecule has 0 bridgehead atoms. The highest BCUT2D eigenvalue weighted by molar-refractivity contribution is 5.73. The third-order valence-corrected chi connectivity index (χ3v) is 4.52. The van der Waals surface area contributed by atoms with Gasteiger partial charge in [-0.1, -0.05) is 12.8 Å². The Hall–Kier alpha value is -2.63. The van der Waals surface area contributed by atoms with Gasteiger partial charge in [-0.25, -0.2) is 14.8 Å². The summed E-state index contributed by atoms with van der Waals surface area (Å²) in [5, 5.41) is 3.46. The van der Waals surface area contributed by atoms with Gasteiger partial charge >= 0.3 is 5.69 Å². The Morgan fingerprint density at radius 2 is 2.00 bits per heavy atom. The first-order valence-electron chi connectivity index (χ1n) is 7.99. The Kier molecular flexibility index (Phi) is 3.37. The first-order chi connectivity index (χ1) is 11.2. The highest BCUT2D eigenvalue weighted by Gasteiger charge is 2.16. The zero-order valence-electron chi connectivity index (χ0n) is 13.1. The van der Waals surface area contributed by atoms with Crippen molar-refractivity contribution >= 4 is 17.0 Å². The number of anilines is 1. The predicted molar refractivity (Wildman–Crippen MR) is 90.0 cm³/mol. The number of aromatic nitrogens is 4. The van der Waals surface area contributed by atoms with Crippen LogP contribution in [0.5, 0.6) is 0 Å². The number of pyridine rings is 2. The van der Waals surface area contributed by atoms with E-state index in [1.165, 1.54) is 25.7 Å². The van der Waals surface area contributed by atoms with E-state index in [-0.39, 0.29) is 5.69 Å². The van der Waals surface area contributed by atoms with Crippen LogP contribution in [-0.4, -0.2) is 25.1 Å². The van der Waals surface area contributed by atoms with Crippen LogP contribution >= 0.6 is 0 Å². The molecule has 0 amide bonds. The minimum Gasteiger partial charge on any atom is -0.367 e. The second-order valence-corrected chi connectivity index (χ2v) is 6.05. The van der Waals surface area contributed by atoms with E-state index < -0.39 is 0 Å². The smallest absolute Gasteiger partial charge is 0.334 e. The van der Waals surface area contributed by atoms with Crippen LogP contribution in [0.2, 0.25) is 0 Å². The average molecular weight is 309 g/mol. The molecule has 1 aliphatic carbocycles. The molecule has 3 heterocycles. The molecule has 6 nitrogen and oxygen atoms in total. The van der Waals surface area contributed by atoms with Crippen LogP contribution in [0.15, 0.2) is 41.5 Å². The molecule has 1 N–H and O–H groups in total. The van der Waals surface area contributed by atoms with Gasteiger partial charge in [0.05, 0.1) is 17.4 Å². The molecular formula is C17H19N5O. The van der Waals surface area contributed by atoms with Crippen molar-refractivity contribution in [1.29, 1.82) is 0 Å². The van der Waals surface area contributed by atoms with Crippen molar-refractivity contribution in [2.75, 3.05) is 5.32 Å². The Morgan fingerprint density at radius 1 is 1.17 bits per heavy atom. The summed E-state index contributed by atoms with van der Waals surface area (Å²) in [5.74, 6) is 0.868. The van der Waals surface area contributed by atoms with Crippen molar-refractivity contribution in [3.8, 4) is 5.69 Å². The van der Waals surface area contributed by atoms with Crippen LogP contribution in [0, 0.1) is 0 Å². The molecular weight excluding hydrogens is 290 g/mol. The van der Waals surface area contributed by atoms with Gasteiger partial charge in [0.2, 0.25) is 0 Å². The van der Waals surface area contributed by atoms with Crippen molar-refractivity contribution in [3.63, 3.8) is 0 Å². The minimum atomic E-state index is -0.114. The lowest BCUT2D eigenvalue weighted by molar-refractivity contribution is 0.750. The lowest BCUT2D eigenvalue weighted by Gasteiger charge is -2.12. The summed E-state index contributed by atoms with van der Waals surface area (Å²) in [6.07, 6.45) is 8.42. The molecule has 0 atom stereocenters. The molecule has 0 spiro atoms. The van der Waals surface area contributed by atoms with Crippen molar-refractivity contribution in [2.24, 2.45) is 7.05 Å². The molecule has 0 unspecified atom stereocenters. The van der Waals surface area contributed by atoms with E-state index in [9.17, 15) is 4.79 Å². The molecule has 0 aromatic carbocycles. The summed E-state index contributed by atoms with van der Waals surface area (Å²) < 4.78 is 3.20. The molecule has 3 aromatic heterocycles. The van der Waals surface area contributed by atoms with Crippen LogP contribution in [-0.2, 0) is 7.05 Å². The van der Waals surface area contributed by atoms with Crippen molar-refractivity contribution < 1.29 is 0 Å². The Morgan fingerprint density at radius 3 is 2.74 bits per heavy atom. The maximum atomic E-state index is 12.5. The van der Waals surface area contributed by atoms with Gasteiger partial charge in [-0.05, 0) is 37.1 Å². The van der Waals surface area contributed by atoms with E-state index >= 15 is 0 Å². The molecule has 0 saturated heterocycles. The third-order valence-electron chi connectivity index (χ3n) is 4.52. The fourth-order valence-electron chi connectivity index (χ4n) is 3.30. The van der Waals surface area contributed by atoms with E-state index in [1.54, 1.807) is 28.6 Å². The summed E-state index contributed by atoms with van der Waals surface area (Å²) in [5.41, 5.74) is 2.10. The second-order valence-electron chi connectivity index (χ2n) is 6.05. The minimum absolute atomic E-state index is 0.114. The normalized spacial score (nSPS) is 15.3. The molecule has 0 radical (unpaired) electrons. The first kappa shape index (κ1) is 14.0. The largest absolute Gasteiger partial charge is 0.367 e. The van der Waals surface area contributed by atoms with Gasteiger partial charge in [0.25, 0.3) is 0 Å². The van der Waals surface area contributed by atoms with Gasteiger partial charge in [0, 0.05) is 19.3 Å². The maximum absolute atomic E-state index is 12.5. The van der Waals surface area contributed by atoms with E-state index in [0.29, 0.717) is 11.7 Å². The number of rotatable bonds is 3. The first-order valence-corrected chi connectivity index (χ1v) is 7.99. The number of hydrogen-bond acceptors (Lipinski definition) is 4. The van der Waals surface area contributed by atoms with Crippen LogP contribution < -0.4 is 11.0 Å². The summed E-state index contributed by atoms with van der Waals surface area (Å²) in [6.45, 7) is 0. The zero-order valence-corrected chi connectivity index (χ0v) is 13.1. The maximum Gasteiger partial charge on any atom is 0.334 e. The predicted octanol–water partition coefficient (Wildman–Crippen LogP) is 2.47. The van der Waals surface area contributed by atoms with E-state index in [4.69, 9.17) is 0 Å². The Balaban J connectivity index is 1.71. The number of nitrogens with one attached hydrogen (secondary N) is 1. The summed E-state index contributed by atoms with van der Waals surface area (Å²) in [4.78, 5) is 21.3. The SMILES string of the molecule is Cn1c(=O)n(-c2ccc(NC3CCCC3)nc2)c2cccnc21. The molecule has 0 aliphatic heterocycles. The van der Waals surface area contributed by atoms with Gasteiger partial charge in [-0.2, -0.15) is 0 Å². The Labute approximate surface area is 133 Å². The standard InChI is InChI=1S/C17H19N5O/c1-21-16-14(7-4-10-18-16)22(17(21)23)13-8-9-15(19-11-13)20-12-5-2-3-6-12/h4,7-12H,2-3,5-6H2,1H3,(H,19,20). The second kappa shape index (κ2) is 5.53. The lowest BCUT2D eigenvalue weighted by Crippen LogP contribution is -2.21. The average Bonchev–Trinajstić information content (AvgIpc) is 3.17. The molecule has 23 heavy (non-hydrogen) atoms. The number of hydrogen-bond donors (Lipinski definition) is 1. The van der Waals surface area contributed by atoms with Gasteiger partial charge in [0.15, 0.2) is 5.65 Å². The molecule has 1 fully saturated rings. The molecule has 4 rings (SSSR count). The molecule has 6 heteroatoms. The van der Waals surface area contributed by atoms with Crippen LogP contribution in [0.4, 0.5) is 5.82 Å². The number of imidazole rings is 1. The highest BCUT2D eigenvalue weighted by atomic mass is 16.1. The third kappa shape index (κ3) is 2.40. The number of fused-ring (bicyclic) bond motifs is 1. The molecule has 1 aliphatic rings. The van der Waals surface area contributed by atoms with Gasteiger partial charge in [-0.3, -0.25) is 9.13 Å². The van der Waals surface area contributed by atoms with Crippen molar-refractivity contribution in [3.05, 3.63) is 47.1 Å².